The zero-order valence-electron chi connectivity index (χ0n) is 20.4. The molecule has 1 aromatic heterocycles. The van der Waals surface area contributed by atoms with Gasteiger partial charge in [0.2, 0.25) is 0 Å². The highest BCUT2D eigenvalue weighted by Gasteiger charge is 2.31. The third-order valence-electron chi connectivity index (χ3n) is 6.37. The van der Waals surface area contributed by atoms with Crippen LogP contribution in [0.15, 0.2) is 59.6 Å². The van der Waals surface area contributed by atoms with Crippen LogP contribution in [0.25, 0.3) is 0 Å². The SMILES string of the molecule is CC(C)n1nc2c(n1)C(N1CCN(C)[C@@H](CCc3ccccc3)C1)=Nc1ccccc1N2.Cl.Cl.O. The topological polar surface area (TPSA) is 93.1 Å². The number of aliphatic imine (C=N–C) groups is 1. The average Bonchev–Trinajstić information content (AvgIpc) is 3.16. The van der Waals surface area contributed by atoms with Crippen molar-refractivity contribution in [1.82, 2.24) is 24.8 Å². The summed E-state index contributed by atoms with van der Waals surface area (Å²) in [5.74, 6) is 1.70. The maximum atomic E-state index is 5.10. The summed E-state index contributed by atoms with van der Waals surface area (Å²) in [5.41, 5.74) is 4.12. The first-order valence-corrected chi connectivity index (χ1v) is 11.5. The largest absolute Gasteiger partial charge is 0.412 e. The lowest BCUT2D eigenvalue weighted by Crippen LogP contribution is -2.53. The Labute approximate surface area is 219 Å². The first-order valence-electron chi connectivity index (χ1n) is 11.5. The van der Waals surface area contributed by atoms with Crippen molar-refractivity contribution in [2.75, 3.05) is 32.0 Å². The van der Waals surface area contributed by atoms with Crippen LogP contribution in [-0.2, 0) is 6.42 Å². The van der Waals surface area contributed by atoms with Gasteiger partial charge in [0.1, 0.15) is 0 Å². The van der Waals surface area contributed by atoms with E-state index in [9.17, 15) is 0 Å². The number of hydrogen-bond acceptors (Lipinski definition) is 6. The molecule has 8 nitrogen and oxygen atoms in total. The summed E-state index contributed by atoms with van der Waals surface area (Å²) >= 11 is 0. The fraction of sp³-hybridized carbons (Fsp3) is 0.400. The minimum absolute atomic E-state index is 0. The number of piperazine rings is 1. The summed E-state index contributed by atoms with van der Waals surface area (Å²) in [6.07, 6.45) is 2.19. The highest BCUT2D eigenvalue weighted by Crippen LogP contribution is 2.34. The molecule has 1 fully saturated rings. The van der Waals surface area contributed by atoms with E-state index in [2.05, 4.69) is 66.3 Å². The summed E-state index contributed by atoms with van der Waals surface area (Å²) in [5, 5.41) is 13.1. The Morgan fingerprint density at radius 2 is 1.69 bits per heavy atom. The first-order chi connectivity index (χ1) is 15.6. The number of fused-ring (bicyclic) bond motifs is 2. The van der Waals surface area contributed by atoms with Crippen molar-refractivity contribution < 1.29 is 5.48 Å². The number of aryl methyl sites for hydroxylation is 1. The van der Waals surface area contributed by atoms with Crippen LogP contribution in [0.2, 0.25) is 0 Å². The van der Waals surface area contributed by atoms with Gasteiger partial charge in [0, 0.05) is 25.7 Å². The van der Waals surface area contributed by atoms with Gasteiger partial charge in [-0.3, -0.25) is 4.90 Å². The second-order valence-corrected chi connectivity index (χ2v) is 8.99. The quantitative estimate of drug-likeness (QED) is 0.555. The maximum absolute atomic E-state index is 5.10. The van der Waals surface area contributed by atoms with Crippen LogP contribution in [0.5, 0.6) is 0 Å². The molecule has 0 unspecified atom stereocenters. The number of nitrogens with zero attached hydrogens (tertiary/aromatic N) is 6. The Bertz CT molecular complexity index is 1120. The number of rotatable bonds is 4. The lowest BCUT2D eigenvalue weighted by molar-refractivity contribution is 0.134. The van der Waals surface area contributed by atoms with Crippen LogP contribution in [0.1, 0.15) is 37.6 Å². The van der Waals surface area contributed by atoms with E-state index in [1.165, 1.54) is 5.56 Å². The monoisotopic (exact) mass is 519 g/mol. The normalized spacial score (nSPS) is 17.0. The number of halogens is 2. The molecule has 0 spiro atoms. The van der Waals surface area contributed by atoms with Crippen molar-refractivity contribution >= 4 is 47.8 Å². The summed E-state index contributed by atoms with van der Waals surface area (Å²) in [6.45, 7) is 7.05. The van der Waals surface area contributed by atoms with Gasteiger partial charge >= 0.3 is 0 Å². The van der Waals surface area contributed by atoms with Crippen molar-refractivity contribution in [2.24, 2.45) is 4.99 Å². The van der Waals surface area contributed by atoms with E-state index in [-0.39, 0.29) is 36.3 Å². The highest BCUT2D eigenvalue weighted by atomic mass is 35.5. The number of para-hydroxylation sites is 2. The number of benzene rings is 2. The van der Waals surface area contributed by atoms with Crippen LogP contribution >= 0.6 is 24.8 Å². The summed E-state index contributed by atoms with van der Waals surface area (Å²) in [6, 6.07) is 19.6. The number of amidine groups is 1. The molecule has 0 radical (unpaired) electrons. The number of nitrogens with one attached hydrogen (secondary N) is 1. The molecule has 1 saturated heterocycles. The third-order valence-corrected chi connectivity index (χ3v) is 6.37. The minimum atomic E-state index is 0. The van der Waals surface area contributed by atoms with Crippen molar-refractivity contribution in [2.45, 2.75) is 38.8 Å². The lowest BCUT2D eigenvalue weighted by Gasteiger charge is -2.40. The third kappa shape index (κ3) is 6.13. The van der Waals surface area contributed by atoms with Gasteiger partial charge in [-0.05, 0) is 51.4 Å². The Kier molecular flexibility index (Phi) is 10.1. The van der Waals surface area contributed by atoms with Crippen molar-refractivity contribution in [3.8, 4) is 0 Å². The van der Waals surface area contributed by atoms with E-state index in [1.54, 1.807) is 4.80 Å². The second-order valence-electron chi connectivity index (χ2n) is 8.99. The molecule has 0 saturated carbocycles. The Balaban J connectivity index is 0.00000144. The molecule has 3 N–H and O–H groups in total. The van der Waals surface area contributed by atoms with Crippen LogP contribution in [0.3, 0.4) is 0 Å². The molecule has 5 rings (SSSR count). The molecule has 0 amide bonds. The first kappa shape index (κ1) is 28.6. The van der Waals surface area contributed by atoms with Gasteiger partial charge in [0.25, 0.3) is 0 Å². The van der Waals surface area contributed by atoms with E-state index in [0.29, 0.717) is 6.04 Å². The van der Waals surface area contributed by atoms with Crippen molar-refractivity contribution in [1.29, 1.82) is 0 Å². The Morgan fingerprint density at radius 3 is 2.43 bits per heavy atom. The maximum Gasteiger partial charge on any atom is 0.184 e. The van der Waals surface area contributed by atoms with Gasteiger partial charge in [-0.2, -0.15) is 4.80 Å². The second kappa shape index (κ2) is 12.4. The van der Waals surface area contributed by atoms with E-state index >= 15 is 0 Å². The summed E-state index contributed by atoms with van der Waals surface area (Å²) in [7, 11) is 2.24. The number of aromatic nitrogens is 3. The minimum Gasteiger partial charge on any atom is -0.412 e. The zero-order valence-corrected chi connectivity index (χ0v) is 22.0. The molecule has 2 aliphatic rings. The molecule has 0 aliphatic carbocycles. The van der Waals surface area contributed by atoms with E-state index < -0.39 is 0 Å². The predicted octanol–water partition coefficient (Wildman–Crippen LogP) is 4.26. The zero-order chi connectivity index (χ0) is 22.1. The van der Waals surface area contributed by atoms with E-state index in [1.807, 2.05) is 24.3 Å². The molecule has 2 aliphatic heterocycles. The number of hydrogen-bond donors (Lipinski definition) is 1. The molecular formula is C25H35Cl2N7O. The highest BCUT2D eigenvalue weighted by molar-refractivity contribution is 6.05. The summed E-state index contributed by atoms with van der Waals surface area (Å²) < 4.78 is 0. The van der Waals surface area contributed by atoms with Crippen molar-refractivity contribution in [3.63, 3.8) is 0 Å². The number of likely N-dealkylation sites (N-methyl/N-ethyl adjacent to an activating group) is 1. The molecule has 2 aromatic carbocycles. The molecular weight excluding hydrogens is 485 g/mol. The van der Waals surface area contributed by atoms with E-state index in [0.717, 1.165) is 61.2 Å². The molecule has 35 heavy (non-hydrogen) atoms. The van der Waals surface area contributed by atoms with Gasteiger partial charge < -0.3 is 15.7 Å². The number of anilines is 2. The summed E-state index contributed by atoms with van der Waals surface area (Å²) in [4.78, 5) is 11.8. The molecule has 190 valence electrons. The molecule has 10 heteroatoms. The fourth-order valence-electron chi connectivity index (χ4n) is 4.41. The van der Waals surface area contributed by atoms with Gasteiger partial charge in [-0.15, -0.1) is 35.0 Å². The van der Waals surface area contributed by atoms with Crippen LogP contribution in [0.4, 0.5) is 17.2 Å². The lowest BCUT2D eigenvalue weighted by atomic mass is 10.0. The Hall–Kier alpha value is -2.65. The predicted molar refractivity (Wildman–Crippen MR) is 147 cm³/mol. The molecule has 3 heterocycles. The molecule has 1 atom stereocenters. The van der Waals surface area contributed by atoms with Gasteiger partial charge in [0.05, 0.1) is 17.4 Å². The van der Waals surface area contributed by atoms with Gasteiger partial charge in [0.15, 0.2) is 17.3 Å². The van der Waals surface area contributed by atoms with E-state index in [4.69, 9.17) is 15.2 Å². The molecule has 3 aromatic rings. The van der Waals surface area contributed by atoms with Crippen LogP contribution in [-0.4, -0.2) is 68.8 Å². The van der Waals surface area contributed by atoms with Crippen LogP contribution < -0.4 is 5.32 Å². The molecule has 0 bridgehead atoms. The fourth-order valence-corrected chi connectivity index (χ4v) is 4.41. The Morgan fingerprint density at radius 1 is 0.971 bits per heavy atom. The smallest absolute Gasteiger partial charge is 0.184 e. The van der Waals surface area contributed by atoms with Gasteiger partial charge in [-0.25, -0.2) is 4.99 Å². The average molecular weight is 521 g/mol. The van der Waals surface area contributed by atoms with Crippen LogP contribution in [0, 0.1) is 0 Å². The standard InChI is InChI=1S/C25H31N7.2ClH.H2O/c1-18(2)32-28-23-24(29-32)26-21-11-7-8-12-22(21)27-25(23)31-16-15-30(3)20(17-31)14-13-19-9-5-4-6-10-19;;;/h4-12,18,20H,13-17H2,1-3H3,(H,26,29);2*1H;1H2/t20-;;;/m0.../s1. The van der Waals surface area contributed by atoms with Gasteiger partial charge in [-0.1, -0.05) is 42.5 Å². The van der Waals surface area contributed by atoms with Crippen molar-refractivity contribution in [3.05, 3.63) is 65.9 Å².